The summed E-state index contributed by atoms with van der Waals surface area (Å²) in [6.07, 6.45) is 11.4. The largest absolute Gasteiger partial charge is 0.351 e. The van der Waals surface area contributed by atoms with Crippen LogP contribution in [0.5, 0.6) is 0 Å². The molecule has 0 amide bonds. The molecule has 0 radical (unpaired) electrons. The van der Waals surface area contributed by atoms with E-state index < -0.39 is 0 Å². The summed E-state index contributed by atoms with van der Waals surface area (Å²) >= 11 is 1.58. The molecule has 3 aromatic rings. The lowest BCUT2D eigenvalue weighted by Gasteiger charge is -2.22. The van der Waals surface area contributed by atoms with Gasteiger partial charge in [-0.2, -0.15) is 0 Å². The topological polar surface area (TPSA) is 82.1 Å². The third-order valence-corrected chi connectivity index (χ3v) is 7.93. The molecule has 2 N–H and O–H groups in total. The zero-order valence-corrected chi connectivity index (χ0v) is 21.8. The smallest absolute Gasteiger partial charge is 0.223 e. The molecule has 0 spiro atoms. The fraction of sp³-hybridized carbons (Fsp3) is 0.538. The van der Waals surface area contributed by atoms with Crippen molar-refractivity contribution < 1.29 is 0 Å². The first-order valence-corrected chi connectivity index (χ1v) is 13.5. The molecule has 9 heteroatoms. The lowest BCUT2D eigenvalue weighted by atomic mass is 9.96. The number of aromatic nitrogens is 4. The van der Waals surface area contributed by atoms with Crippen LogP contribution in [0.4, 0.5) is 16.9 Å². The summed E-state index contributed by atoms with van der Waals surface area (Å²) in [5, 5.41) is 7.71. The molecule has 1 aliphatic heterocycles. The fourth-order valence-corrected chi connectivity index (χ4v) is 5.76. The van der Waals surface area contributed by atoms with E-state index in [1.54, 1.807) is 11.3 Å². The van der Waals surface area contributed by atoms with Crippen molar-refractivity contribution in [1.82, 2.24) is 29.7 Å². The molecule has 1 saturated heterocycles. The van der Waals surface area contributed by atoms with Gasteiger partial charge in [-0.25, -0.2) is 19.9 Å². The molecule has 35 heavy (non-hydrogen) atoms. The normalized spacial score (nSPS) is 19.4. The number of pyridine rings is 1. The molecule has 2 fully saturated rings. The monoisotopic (exact) mass is 492 g/mol. The third-order valence-electron chi connectivity index (χ3n) is 6.99. The predicted molar refractivity (Wildman–Crippen MR) is 143 cm³/mol. The predicted octanol–water partition coefficient (Wildman–Crippen LogP) is 4.93. The highest BCUT2D eigenvalue weighted by atomic mass is 32.1. The zero-order chi connectivity index (χ0) is 24.2. The van der Waals surface area contributed by atoms with E-state index >= 15 is 0 Å². The SMILES string of the molecule is Cc1cc(-c2cnc(Nc3ccc(CN4CC[C@@H](N(C)C)C4)cn3)s2)nc(NC2CCCCC2)n1. The lowest BCUT2D eigenvalue weighted by molar-refractivity contribution is 0.264. The van der Waals surface area contributed by atoms with Crippen LogP contribution >= 0.6 is 11.3 Å². The average molecular weight is 493 g/mol. The Labute approximate surface area is 212 Å². The molecule has 0 unspecified atom stereocenters. The number of rotatable bonds is 8. The maximum Gasteiger partial charge on any atom is 0.223 e. The molecule has 1 aliphatic carbocycles. The number of nitrogens with zero attached hydrogens (tertiary/aromatic N) is 6. The molecule has 8 nitrogen and oxygen atoms in total. The number of likely N-dealkylation sites (tertiary alicyclic amines) is 1. The van der Waals surface area contributed by atoms with Gasteiger partial charge in [0.05, 0.1) is 10.6 Å². The summed E-state index contributed by atoms with van der Waals surface area (Å²) in [7, 11) is 4.33. The Morgan fingerprint density at radius 1 is 1.06 bits per heavy atom. The number of hydrogen-bond acceptors (Lipinski definition) is 9. The van der Waals surface area contributed by atoms with Gasteiger partial charge < -0.3 is 15.5 Å². The molecular weight excluding hydrogens is 456 g/mol. The van der Waals surface area contributed by atoms with Gasteiger partial charge in [0, 0.05) is 49.8 Å². The first-order valence-electron chi connectivity index (χ1n) is 12.7. The van der Waals surface area contributed by atoms with E-state index in [-0.39, 0.29) is 0 Å². The third kappa shape index (κ3) is 6.34. The number of thiazole rings is 1. The fourth-order valence-electron chi connectivity index (χ4n) is 4.98. The average Bonchev–Trinajstić information content (AvgIpc) is 3.51. The van der Waals surface area contributed by atoms with Crippen LogP contribution in [0.15, 0.2) is 30.6 Å². The molecule has 0 aromatic carbocycles. The van der Waals surface area contributed by atoms with Crippen molar-refractivity contribution in [2.45, 2.75) is 64.1 Å². The maximum atomic E-state index is 4.79. The van der Waals surface area contributed by atoms with E-state index in [2.05, 4.69) is 55.5 Å². The second-order valence-corrected chi connectivity index (χ2v) is 11.1. The molecule has 0 bridgehead atoms. The standard InChI is InChI=1S/C26H36N8S/c1-18-13-22(31-25(29-18)30-20-7-5-4-6-8-20)23-15-28-26(35-23)32-24-10-9-19(14-27-24)16-34-12-11-21(17-34)33(2)3/h9-10,13-15,20-21H,4-8,11-12,16-17H2,1-3H3,(H,27,28,32)(H,29,30,31)/t21-/m1/s1. The first kappa shape index (κ1) is 24.1. The van der Waals surface area contributed by atoms with Crippen LogP contribution in [0.1, 0.15) is 49.8 Å². The minimum atomic E-state index is 0.478. The van der Waals surface area contributed by atoms with Gasteiger partial charge in [-0.1, -0.05) is 36.7 Å². The molecule has 5 rings (SSSR count). The molecule has 1 atom stereocenters. The molecule has 2 aliphatic rings. The molecule has 3 aromatic heterocycles. The van der Waals surface area contributed by atoms with Gasteiger partial charge in [-0.15, -0.1) is 0 Å². The van der Waals surface area contributed by atoms with Gasteiger partial charge in [0.2, 0.25) is 5.95 Å². The van der Waals surface area contributed by atoms with Crippen LogP contribution in [-0.4, -0.2) is 69.0 Å². The summed E-state index contributed by atoms with van der Waals surface area (Å²) in [4.78, 5) is 24.4. The highest BCUT2D eigenvalue weighted by molar-refractivity contribution is 7.18. The molecule has 4 heterocycles. The van der Waals surface area contributed by atoms with E-state index in [9.17, 15) is 0 Å². The van der Waals surface area contributed by atoms with Crippen LogP contribution in [0, 0.1) is 6.92 Å². The Morgan fingerprint density at radius 2 is 1.91 bits per heavy atom. The van der Waals surface area contributed by atoms with Crippen LogP contribution in [0.25, 0.3) is 10.6 Å². The van der Waals surface area contributed by atoms with E-state index in [1.165, 1.54) is 44.1 Å². The Balaban J connectivity index is 1.20. The Kier molecular flexibility index (Phi) is 7.55. The Bertz CT molecular complexity index is 1110. The first-order chi connectivity index (χ1) is 17.0. The lowest BCUT2D eigenvalue weighted by Crippen LogP contribution is -2.31. The number of likely N-dealkylation sites (N-methyl/N-ethyl adjacent to an activating group) is 1. The summed E-state index contributed by atoms with van der Waals surface area (Å²) in [5.74, 6) is 1.53. The summed E-state index contributed by atoms with van der Waals surface area (Å²) in [6, 6.07) is 7.35. The van der Waals surface area contributed by atoms with Crippen molar-refractivity contribution in [1.29, 1.82) is 0 Å². The minimum absolute atomic E-state index is 0.478. The highest BCUT2D eigenvalue weighted by Gasteiger charge is 2.23. The van der Waals surface area contributed by atoms with Crippen molar-refractivity contribution in [3.05, 3.63) is 41.9 Å². The Morgan fingerprint density at radius 3 is 2.66 bits per heavy atom. The van der Waals surface area contributed by atoms with E-state index in [1.807, 2.05) is 31.5 Å². The molecule has 186 valence electrons. The second kappa shape index (κ2) is 11.0. The molecule has 1 saturated carbocycles. The number of nitrogens with one attached hydrogen (secondary N) is 2. The van der Waals surface area contributed by atoms with E-state index in [0.29, 0.717) is 12.1 Å². The van der Waals surface area contributed by atoms with Gasteiger partial charge in [-0.05, 0) is 58.0 Å². The van der Waals surface area contributed by atoms with Gasteiger partial charge in [0.1, 0.15) is 5.82 Å². The highest BCUT2D eigenvalue weighted by Crippen LogP contribution is 2.30. The van der Waals surface area contributed by atoms with Gasteiger partial charge in [-0.3, -0.25) is 4.90 Å². The van der Waals surface area contributed by atoms with E-state index in [0.717, 1.165) is 52.8 Å². The van der Waals surface area contributed by atoms with Crippen molar-refractivity contribution in [2.75, 3.05) is 37.8 Å². The summed E-state index contributed by atoms with van der Waals surface area (Å²) in [5.41, 5.74) is 3.11. The van der Waals surface area contributed by atoms with Gasteiger partial charge >= 0.3 is 0 Å². The van der Waals surface area contributed by atoms with Crippen molar-refractivity contribution >= 4 is 28.2 Å². The van der Waals surface area contributed by atoms with Gasteiger partial charge in [0.25, 0.3) is 0 Å². The van der Waals surface area contributed by atoms with Crippen LogP contribution in [0.3, 0.4) is 0 Å². The van der Waals surface area contributed by atoms with Crippen LogP contribution in [0.2, 0.25) is 0 Å². The van der Waals surface area contributed by atoms with Crippen molar-refractivity contribution in [2.24, 2.45) is 0 Å². The summed E-state index contributed by atoms with van der Waals surface area (Å²) in [6.45, 7) is 5.23. The van der Waals surface area contributed by atoms with E-state index in [4.69, 9.17) is 4.98 Å². The number of hydrogen-bond donors (Lipinski definition) is 2. The van der Waals surface area contributed by atoms with Crippen LogP contribution in [-0.2, 0) is 6.54 Å². The van der Waals surface area contributed by atoms with Crippen molar-refractivity contribution in [3.63, 3.8) is 0 Å². The van der Waals surface area contributed by atoms with Gasteiger partial charge in [0.15, 0.2) is 5.13 Å². The van der Waals surface area contributed by atoms with Crippen LogP contribution < -0.4 is 10.6 Å². The maximum absolute atomic E-state index is 4.79. The number of aryl methyl sites for hydroxylation is 1. The Hall–Kier alpha value is -2.62. The quantitative estimate of drug-likeness (QED) is 0.458. The van der Waals surface area contributed by atoms with Crippen molar-refractivity contribution in [3.8, 4) is 10.6 Å². The zero-order valence-electron chi connectivity index (χ0n) is 21.0. The number of anilines is 3. The summed E-state index contributed by atoms with van der Waals surface area (Å²) < 4.78 is 0. The molecular formula is C26H36N8S. The minimum Gasteiger partial charge on any atom is -0.351 e. The second-order valence-electron chi connectivity index (χ2n) is 10.0.